The number of hydrogen-bond acceptors (Lipinski definition) is 4. The van der Waals surface area contributed by atoms with Crippen molar-refractivity contribution in [2.24, 2.45) is 0 Å². The monoisotopic (exact) mass is 407 g/mol. The Bertz CT molecular complexity index is 664. The Morgan fingerprint density at radius 3 is 2.62 bits per heavy atom. The molecule has 0 spiro atoms. The first-order chi connectivity index (χ1) is 11.7. The van der Waals surface area contributed by atoms with Gasteiger partial charge in [0.15, 0.2) is 5.78 Å². The van der Waals surface area contributed by atoms with Crippen molar-refractivity contribution in [1.82, 2.24) is 0 Å². The van der Waals surface area contributed by atoms with Crippen LogP contribution < -0.4 is 10.1 Å². The summed E-state index contributed by atoms with van der Waals surface area (Å²) in [5.41, 5.74) is 0.921. The van der Waals surface area contributed by atoms with Crippen LogP contribution in [0.3, 0.4) is 0 Å². The lowest BCUT2D eigenvalue weighted by molar-refractivity contribution is 0.105. The van der Waals surface area contributed by atoms with E-state index in [4.69, 9.17) is 4.74 Å². The lowest BCUT2D eigenvalue weighted by atomic mass is 10.2. The number of unbranched alkanes of at least 4 members (excludes halogenated alkanes) is 3. The number of nitrogens with one attached hydrogen (secondary N) is 1. The van der Waals surface area contributed by atoms with E-state index in [9.17, 15) is 4.79 Å². The zero-order chi connectivity index (χ0) is 17.2. The fraction of sp³-hybridized carbons (Fsp3) is 0.316. The van der Waals surface area contributed by atoms with Crippen molar-refractivity contribution in [3.8, 4) is 5.75 Å². The molecular weight excluding hydrogens is 386 g/mol. The van der Waals surface area contributed by atoms with Gasteiger partial charge in [-0.15, -0.1) is 11.3 Å². The molecule has 0 bridgehead atoms. The summed E-state index contributed by atoms with van der Waals surface area (Å²) in [7, 11) is 0. The highest BCUT2D eigenvalue weighted by Gasteiger charge is 2.04. The smallest absolute Gasteiger partial charge is 0.197 e. The molecule has 0 saturated carbocycles. The van der Waals surface area contributed by atoms with Crippen LogP contribution in [0.5, 0.6) is 5.75 Å². The number of hydrogen-bond donors (Lipinski definition) is 1. The van der Waals surface area contributed by atoms with E-state index < -0.39 is 0 Å². The van der Waals surface area contributed by atoms with Crippen LogP contribution in [-0.4, -0.2) is 12.4 Å². The van der Waals surface area contributed by atoms with Gasteiger partial charge >= 0.3 is 0 Å². The number of halogens is 1. The second-order valence-corrected chi connectivity index (χ2v) is 7.84. The van der Waals surface area contributed by atoms with Crippen molar-refractivity contribution in [2.75, 3.05) is 11.9 Å². The number of benzene rings is 1. The second kappa shape index (κ2) is 10.3. The van der Waals surface area contributed by atoms with Crippen molar-refractivity contribution in [3.05, 3.63) is 57.3 Å². The molecule has 0 atom stereocenters. The van der Waals surface area contributed by atoms with Crippen molar-refractivity contribution in [2.45, 2.75) is 32.6 Å². The predicted molar refractivity (Wildman–Crippen MR) is 105 cm³/mol. The number of ether oxygens (including phenoxy) is 1. The third kappa shape index (κ3) is 6.49. The van der Waals surface area contributed by atoms with Crippen LogP contribution in [0.15, 0.2) is 52.5 Å². The lowest BCUT2D eigenvalue weighted by Gasteiger charge is -2.07. The first-order valence-corrected chi connectivity index (χ1v) is 9.75. The number of rotatable bonds is 10. The molecule has 24 heavy (non-hydrogen) atoms. The average Bonchev–Trinajstić information content (AvgIpc) is 3.02. The molecule has 0 fully saturated rings. The highest BCUT2D eigenvalue weighted by atomic mass is 79.9. The average molecular weight is 408 g/mol. The molecule has 1 heterocycles. The molecule has 1 aromatic carbocycles. The summed E-state index contributed by atoms with van der Waals surface area (Å²) in [6, 6.07) is 11.5. The number of carbonyl (C=O) groups excluding carboxylic acids is 1. The number of allylic oxidation sites excluding steroid dienone is 1. The summed E-state index contributed by atoms with van der Waals surface area (Å²) < 4.78 is 6.66. The summed E-state index contributed by atoms with van der Waals surface area (Å²) in [4.78, 5) is 12.7. The number of anilines is 1. The summed E-state index contributed by atoms with van der Waals surface area (Å²) in [5, 5.41) is 3.10. The molecule has 1 aromatic heterocycles. The van der Waals surface area contributed by atoms with Crippen LogP contribution >= 0.6 is 27.3 Å². The zero-order valence-electron chi connectivity index (χ0n) is 13.8. The molecule has 0 radical (unpaired) electrons. The standard InChI is InChI=1S/C19H22BrNO2S/c1-2-3-4-5-14-23-16-8-6-15(7-9-16)21-13-12-17(22)18-10-11-19(20)24-18/h6-13,21H,2-5,14H2,1H3/b13-12-. The molecule has 1 N–H and O–H groups in total. The second-order valence-electron chi connectivity index (χ2n) is 5.38. The van der Waals surface area contributed by atoms with E-state index in [1.54, 1.807) is 6.20 Å². The van der Waals surface area contributed by atoms with Gasteiger partial charge in [-0.05, 0) is 58.7 Å². The molecule has 0 aliphatic rings. The number of thiophene rings is 1. The van der Waals surface area contributed by atoms with Crippen LogP contribution in [0.2, 0.25) is 0 Å². The Labute approximate surface area is 155 Å². The van der Waals surface area contributed by atoms with Gasteiger partial charge in [-0.1, -0.05) is 26.2 Å². The maximum Gasteiger partial charge on any atom is 0.197 e. The van der Waals surface area contributed by atoms with Gasteiger partial charge in [0.2, 0.25) is 0 Å². The van der Waals surface area contributed by atoms with Crippen LogP contribution in [0, 0.1) is 0 Å². The Hall–Kier alpha value is -1.59. The maximum atomic E-state index is 11.9. The highest BCUT2D eigenvalue weighted by molar-refractivity contribution is 9.11. The molecule has 3 nitrogen and oxygen atoms in total. The van der Waals surface area contributed by atoms with Crippen LogP contribution in [-0.2, 0) is 0 Å². The fourth-order valence-electron chi connectivity index (χ4n) is 2.11. The summed E-state index contributed by atoms with van der Waals surface area (Å²) in [5.74, 6) is 0.866. The normalized spacial score (nSPS) is 10.9. The first kappa shape index (κ1) is 18.7. The number of carbonyl (C=O) groups is 1. The van der Waals surface area contributed by atoms with E-state index >= 15 is 0 Å². The Balaban J connectivity index is 1.75. The van der Waals surface area contributed by atoms with E-state index in [0.29, 0.717) is 4.88 Å². The maximum absolute atomic E-state index is 11.9. The third-order valence-corrected chi connectivity index (χ3v) is 5.06. The molecule has 5 heteroatoms. The molecule has 128 valence electrons. The fourth-order valence-corrected chi connectivity index (χ4v) is 3.41. The van der Waals surface area contributed by atoms with Gasteiger partial charge in [0.05, 0.1) is 15.3 Å². The van der Waals surface area contributed by atoms with Gasteiger partial charge in [0.25, 0.3) is 0 Å². The Morgan fingerprint density at radius 1 is 1.17 bits per heavy atom. The highest BCUT2D eigenvalue weighted by Crippen LogP contribution is 2.22. The van der Waals surface area contributed by atoms with Gasteiger partial charge in [-0.3, -0.25) is 4.79 Å². The largest absolute Gasteiger partial charge is 0.494 e. The topological polar surface area (TPSA) is 38.3 Å². The molecule has 0 aliphatic carbocycles. The van der Waals surface area contributed by atoms with Crippen LogP contribution in [0.25, 0.3) is 0 Å². The molecular formula is C19H22BrNO2S. The quantitative estimate of drug-likeness (QED) is 0.286. The molecule has 0 unspecified atom stereocenters. The van der Waals surface area contributed by atoms with Gasteiger partial charge in [-0.25, -0.2) is 0 Å². The van der Waals surface area contributed by atoms with Crippen LogP contribution in [0.1, 0.15) is 42.3 Å². The van der Waals surface area contributed by atoms with Gasteiger partial charge < -0.3 is 10.1 Å². The SMILES string of the molecule is CCCCCCOc1ccc(N/C=C\C(=O)c2ccc(Br)s2)cc1. The summed E-state index contributed by atoms with van der Waals surface area (Å²) >= 11 is 4.78. The van der Waals surface area contributed by atoms with Crippen molar-refractivity contribution in [3.63, 3.8) is 0 Å². The molecule has 2 aromatic rings. The van der Waals surface area contributed by atoms with Gasteiger partial charge in [-0.2, -0.15) is 0 Å². The minimum Gasteiger partial charge on any atom is -0.494 e. The minimum atomic E-state index is -0.00904. The van der Waals surface area contributed by atoms with Crippen molar-refractivity contribution < 1.29 is 9.53 Å². The van der Waals surface area contributed by atoms with Gasteiger partial charge in [0.1, 0.15) is 5.75 Å². The van der Waals surface area contributed by atoms with E-state index in [1.165, 1.54) is 36.7 Å². The zero-order valence-corrected chi connectivity index (χ0v) is 16.2. The first-order valence-electron chi connectivity index (χ1n) is 8.14. The molecule has 0 amide bonds. The Morgan fingerprint density at radius 2 is 1.96 bits per heavy atom. The lowest BCUT2D eigenvalue weighted by Crippen LogP contribution is -1.97. The molecule has 2 rings (SSSR count). The van der Waals surface area contributed by atoms with Crippen molar-refractivity contribution in [1.29, 1.82) is 0 Å². The number of ketones is 1. The van der Waals surface area contributed by atoms with E-state index in [1.807, 2.05) is 36.4 Å². The van der Waals surface area contributed by atoms with E-state index in [0.717, 1.165) is 28.3 Å². The minimum absolute atomic E-state index is 0.00904. The van der Waals surface area contributed by atoms with Crippen LogP contribution in [0.4, 0.5) is 5.69 Å². The summed E-state index contributed by atoms with van der Waals surface area (Å²) in [6.07, 6.45) is 8.01. The van der Waals surface area contributed by atoms with E-state index in [-0.39, 0.29) is 5.78 Å². The van der Waals surface area contributed by atoms with E-state index in [2.05, 4.69) is 28.2 Å². The summed E-state index contributed by atoms with van der Waals surface area (Å²) in [6.45, 7) is 2.96. The molecule has 0 aliphatic heterocycles. The Kier molecular flexibility index (Phi) is 8.05. The molecule has 0 saturated heterocycles. The predicted octanol–water partition coefficient (Wildman–Crippen LogP) is 6.28. The third-order valence-electron chi connectivity index (χ3n) is 3.42. The van der Waals surface area contributed by atoms with Gasteiger partial charge in [0, 0.05) is 18.0 Å². The van der Waals surface area contributed by atoms with Crippen molar-refractivity contribution >= 4 is 38.7 Å².